The monoisotopic (exact) mass is 749 g/mol. The van der Waals surface area contributed by atoms with Crippen molar-refractivity contribution >= 4 is 40.7 Å². The van der Waals surface area contributed by atoms with Gasteiger partial charge in [0, 0.05) is 49.7 Å². The summed E-state index contributed by atoms with van der Waals surface area (Å²) in [7, 11) is 2.62. The number of fused-ring (bicyclic) bond motifs is 1. The summed E-state index contributed by atoms with van der Waals surface area (Å²) < 4.78 is 9.51. The number of methoxy groups -OCH3 is 2. The molecule has 4 amide bonds. The molecule has 2 aromatic carbocycles. The van der Waals surface area contributed by atoms with Gasteiger partial charge in [0.2, 0.25) is 17.8 Å². The number of benzene rings is 2. The van der Waals surface area contributed by atoms with Crippen LogP contribution in [0.2, 0.25) is 0 Å². The molecule has 15 nitrogen and oxygen atoms in total. The van der Waals surface area contributed by atoms with Crippen LogP contribution in [-0.4, -0.2) is 106 Å². The quantitative estimate of drug-likeness (QED) is 0.156. The van der Waals surface area contributed by atoms with Crippen molar-refractivity contribution in [3.05, 3.63) is 60.8 Å². The molecule has 4 atom stereocenters. The number of ether oxygens (including phenoxy) is 2. The van der Waals surface area contributed by atoms with E-state index in [0.717, 1.165) is 83.9 Å². The molecule has 288 valence electrons. The lowest BCUT2D eigenvalue weighted by Crippen LogP contribution is -2.49. The van der Waals surface area contributed by atoms with Gasteiger partial charge in [-0.05, 0) is 91.2 Å². The Balaban J connectivity index is 0.870. The number of amides is 4. The number of rotatable bonds is 12. The molecule has 0 unspecified atom stereocenters. The van der Waals surface area contributed by atoms with Crippen LogP contribution in [0.15, 0.2) is 55.0 Å². The van der Waals surface area contributed by atoms with Gasteiger partial charge < -0.3 is 40.2 Å². The average Bonchev–Trinajstić information content (AvgIpc) is 4.07. The molecule has 2 saturated heterocycles. The Morgan fingerprint density at radius 2 is 1.40 bits per heavy atom. The first-order valence-electron chi connectivity index (χ1n) is 19.2. The molecule has 8 rings (SSSR count). The van der Waals surface area contributed by atoms with Gasteiger partial charge in [-0.15, -0.1) is 0 Å². The normalized spacial score (nSPS) is 20.5. The maximum absolute atomic E-state index is 13.6. The van der Waals surface area contributed by atoms with Crippen molar-refractivity contribution in [3.8, 4) is 22.4 Å². The van der Waals surface area contributed by atoms with E-state index in [2.05, 4.69) is 67.3 Å². The Morgan fingerprint density at radius 3 is 2.05 bits per heavy atom. The van der Waals surface area contributed by atoms with Crippen LogP contribution < -0.4 is 16.0 Å². The SMILES string of the molecule is COC(=O)N[C@H](C(=O)N1CC[C@H](CNc2ncc(-c3ccc4cc(-c5cnc([C@@H]6CCCN6C(=O)[C@H](NC(=O)OC)C6CC6)[nH]5)ccc4c3)cn2)C1)C1CC1. The molecule has 2 saturated carbocycles. The molecule has 0 spiro atoms. The van der Waals surface area contributed by atoms with Gasteiger partial charge in [0.05, 0.1) is 32.2 Å². The molecular weight excluding hydrogens is 702 g/mol. The van der Waals surface area contributed by atoms with Crippen molar-refractivity contribution < 1.29 is 28.7 Å². The minimum absolute atomic E-state index is 0.0337. The summed E-state index contributed by atoms with van der Waals surface area (Å²) in [4.78, 5) is 71.5. The van der Waals surface area contributed by atoms with E-state index < -0.39 is 24.3 Å². The molecular formula is C40H47N9O6. The number of anilines is 1. The third-order valence-corrected chi connectivity index (χ3v) is 11.4. The largest absolute Gasteiger partial charge is 0.453 e. The molecule has 2 aliphatic carbocycles. The Bertz CT molecular complexity index is 2060. The molecule has 4 N–H and O–H groups in total. The number of nitrogens with one attached hydrogen (secondary N) is 4. The number of carbonyl (C=O) groups is 4. The van der Waals surface area contributed by atoms with Crippen molar-refractivity contribution in [2.75, 3.05) is 45.7 Å². The summed E-state index contributed by atoms with van der Waals surface area (Å²) in [6.45, 7) is 2.54. The number of nitrogens with zero attached hydrogens (tertiary/aromatic N) is 5. The van der Waals surface area contributed by atoms with E-state index in [9.17, 15) is 19.2 Å². The number of carbonyl (C=O) groups excluding carboxylic acids is 4. The number of alkyl carbamates (subject to hydrolysis) is 2. The van der Waals surface area contributed by atoms with Crippen LogP contribution in [0.4, 0.5) is 15.5 Å². The summed E-state index contributed by atoms with van der Waals surface area (Å²) in [6.07, 6.45) is 10.5. The Kier molecular flexibility index (Phi) is 10.3. The Labute approximate surface area is 319 Å². The number of hydrogen-bond acceptors (Lipinski definition) is 10. The van der Waals surface area contributed by atoms with Gasteiger partial charge in [-0.25, -0.2) is 24.5 Å². The molecule has 4 aromatic rings. The van der Waals surface area contributed by atoms with Crippen LogP contribution in [0, 0.1) is 17.8 Å². The zero-order valence-corrected chi connectivity index (χ0v) is 31.1. The predicted molar refractivity (Wildman–Crippen MR) is 204 cm³/mol. The van der Waals surface area contributed by atoms with E-state index in [1.165, 1.54) is 14.2 Å². The van der Waals surface area contributed by atoms with Crippen molar-refractivity contribution in [2.45, 2.75) is 63.1 Å². The predicted octanol–water partition coefficient (Wildman–Crippen LogP) is 4.88. The van der Waals surface area contributed by atoms with Gasteiger partial charge in [0.1, 0.15) is 17.9 Å². The Hall–Kier alpha value is -5.73. The number of aromatic amines is 1. The van der Waals surface area contributed by atoms with E-state index in [0.29, 0.717) is 32.1 Å². The number of H-pyrrole nitrogens is 1. The third kappa shape index (κ3) is 8.05. The molecule has 0 radical (unpaired) electrons. The average molecular weight is 750 g/mol. The molecule has 4 heterocycles. The summed E-state index contributed by atoms with van der Waals surface area (Å²) in [5.74, 6) is 1.76. The van der Waals surface area contributed by atoms with Crippen LogP contribution in [0.1, 0.15) is 56.8 Å². The van der Waals surface area contributed by atoms with Crippen molar-refractivity contribution in [1.29, 1.82) is 0 Å². The van der Waals surface area contributed by atoms with Crippen LogP contribution >= 0.6 is 0 Å². The van der Waals surface area contributed by atoms with Crippen LogP contribution in [0.5, 0.6) is 0 Å². The number of likely N-dealkylation sites (tertiary alicyclic amines) is 2. The van der Waals surface area contributed by atoms with Gasteiger partial charge in [0.25, 0.3) is 0 Å². The topological polar surface area (TPSA) is 184 Å². The smallest absolute Gasteiger partial charge is 0.407 e. The molecule has 15 heteroatoms. The van der Waals surface area contributed by atoms with E-state index in [1.54, 1.807) is 0 Å². The lowest BCUT2D eigenvalue weighted by molar-refractivity contribution is -0.135. The minimum Gasteiger partial charge on any atom is -0.453 e. The fourth-order valence-electron chi connectivity index (χ4n) is 7.93. The third-order valence-electron chi connectivity index (χ3n) is 11.4. The van der Waals surface area contributed by atoms with Gasteiger partial charge in [-0.2, -0.15) is 0 Å². The maximum Gasteiger partial charge on any atom is 0.407 e. The van der Waals surface area contributed by atoms with Crippen LogP contribution in [-0.2, 0) is 19.1 Å². The number of imidazole rings is 1. The molecule has 2 aliphatic heterocycles. The fourth-order valence-corrected chi connectivity index (χ4v) is 7.93. The van der Waals surface area contributed by atoms with Crippen molar-refractivity contribution in [1.82, 2.24) is 40.4 Å². The highest BCUT2D eigenvalue weighted by molar-refractivity contribution is 5.91. The second-order valence-corrected chi connectivity index (χ2v) is 15.2. The maximum atomic E-state index is 13.6. The lowest BCUT2D eigenvalue weighted by Gasteiger charge is -2.28. The van der Waals surface area contributed by atoms with Crippen LogP contribution in [0.25, 0.3) is 33.2 Å². The van der Waals surface area contributed by atoms with E-state index >= 15 is 0 Å². The first-order valence-corrected chi connectivity index (χ1v) is 19.2. The highest BCUT2D eigenvalue weighted by atomic mass is 16.5. The van der Waals surface area contributed by atoms with E-state index in [-0.39, 0.29) is 35.6 Å². The Morgan fingerprint density at radius 1 is 0.764 bits per heavy atom. The van der Waals surface area contributed by atoms with E-state index in [4.69, 9.17) is 14.5 Å². The molecule has 2 aromatic heterocycles. The highest BCUT2D eigenvalue weighted by Gasteiger charge is 2.44. The molecule has 4 aliphatic rings. The molecule has 55 heavy (non-hydrogen) atoms. The number of hydrogen-bond donors (Lipinski definition) is 4. The second kappa shape index (κ2) is 15.6. The van der Waals surface area contributed by atoms with E-state index in [1.807, 2.05) is 28.4 Å². The molecule has 0 bridgehead atoms. The summed E-state index contributed by atoms with van der Waals surface area (Å²) in [5, 5.41) is 11.0. The molecule has 4 fully saturated rings. The van der Waals surface area contributed by atoms with Crippen molar-refractivity contribution in [2.24, 2.45) is 17.8 Å². The summed E-state index contributed by atoms with van der Waals surface area (Å²) in [5.41, 5.74) is 3.77. The van der Waals surface area contributed by atoms with Gasteiger partial charge in [-0.3, -0.25) is 9.59 Å². The first kappa shape index (κ1) is 36.3. The highest BCUT2D eigenvalue weighted by Crippen LogP contribution is 2.38. The lowest BCUT2D eigenvalue weighted by atomic mass is 10.0. The minimum atomic E-state index is -0.584. The summed E-state index contributed by atoms with van der Waals surface area (Å²) >= 11 is 0. The summed E-state index contributed by atoms with van der Waals surface area (Å²) in [6, 6.07) is 11.3. The standard InChI is InChI=1S/C40H47N9O6/c1-54-39(52)46-33(24-5-6-24)36(50)48-15-13-23(22-48)18-42-38-43-19-30(20-44-38)28-10-9-27-17-29(12-11-26(27)16-28)31-21-41-35(45-31)32-4-3-14-49(32)37(51)34(25-7-8-25)47-40(53)55-2/h9-12,16-17,19-21,23-25,32-34H,3-8,13-15,18,22H2,1-2H3,(H,41,45)(H,46,52)(H,47,53)(H,42,43,44)/t23-,32+,33+,34-/m1/s1. The van der Waals surface area contributed by atoms with Crippen molar-refractivity contribution in [3.63, 3.8) is 0 Å². The van der Waals surface area contributed by atoms with Gasteiger partial charge in [-0.1, -0.05) is 24.3 Å². The zero-order valence-electron chi connectivity index (χ0n) is 31.1. The second-order valence-electron chi connectivity index (χ2n) is 15.2. The van der Waals surface area contributed by atoms with Gasteiger partial charge >= 0.3 is 12.2 Å². The van der Waals surface area contributed by atoms with Crippen LogP contribution in [0.3, 0.4) is 0 Å². The zero-order chi connectivity index (χ0) is 38.1. The first-order chi connectivity index (χ1) is 26.8. The fraction of sp³-hybridized carbons (Fsp3) is 0.475. The number of aromatic nitrogens is 4. The van der Waals surface area contributed by atoms with Gasteiger partial charge in [0.15, 0.2) is 0 Å².